The molecule has 34 heavy (non-hydrogen) atoms. The number of rotatable bonds is 5. The number of amides is 1. The number of halogens is 3. The first-order valence-corrected chi connectivity index (χ1v) is 9.70. The normalized spacial score (nSPS) is 11.3. The summed E-state index contributed by atoms with van der Waals surface area (Å²) < 4.78 is 46.9. The van der Waals surface area contributed by atoms with Gasteiger partial charge in [0.1, 0.15) is 11.3 Å². The molecule has 0 aliphatic heterocycles. The molecule has 12 heteroatoms. The molecule has 0 atom stereocenters. The van der Waals surface area contributed by atoms with Gasteiger partial charge in [0.15, 0.2) is 5.82 Å². The van der Waals surface area contributed by atoms with Crippen molar-refractivity contribution in [1.29, 1.82) is 0 Å². The van der Waals surface area contributed by atoms with Crippen molar-refractivity contribution in [3.05, 3.63) is 94.3 Å². The molecule has 0 aliphatic rings. The summed E-state index contributed by atoms with van der Waals surface area (Å²) >= 11 is 0. The number of aromatic amines is 1. The first-order chi connectivity index (χ1) is 16.2. The van der Waals surface area contributed by atoms with Crippen LogP contribution in [0.3, 0.4) is 0 Å². The quantitative estimate of drug-likeness (QED) is 0.434. The maximum absolute atomic E-state index is 13.2. The molecule has 174 valence electrons. The zero-order chi connectivity index (χ0) is 24.5. The van der Waals surface area contributed by atoms with Gasteiger partial charge in [0.2, 0.25) is 0 Å². The highest BCUT2D eigenvalue weighted by Crippen LogP contribution is 2.31. The van der Waals surface area contributed by atoms with Gasteiger partial charge in [0, 0.05) is 18.6 Å². The Balaban J connectivity index is 1.77. The largest absolute Gasteiger partial charge is 0.465 e. The number of alkyl halides is 3. The van der Waals surface area contributed by atoms with Crippen molar-refractivity contribution >= 4 is 17.6 Å². The van der Waals surface area contributed by atoms with Crippen LogP contribution in [0.25, 0.3) is 11.5 Å². The average molecular weight is 471 g/mol. The highest BCUT2D eigenvalue weighted by Gasteiger charge is 2.31. The summed E-state index contributed by atoms with van der Waals surface area (Å²) in [6.45, 7) is 0. The Labute approximate surface area is 189 Å². The number of nitrogens with one attached hydrogen (secondary N) is 2. The van der Waals surface area contributed by atoms with Crippen molar-refractivity contribution in [2.45, 2.75) is 6.18 Å². The van der Waals surface area contributed by atoms with Crippen LogP contribution >= 0.6 is 0 Å². The maximum atomic E-state index is 13.2. The van der Waals surface area contributed by atoms with Crippen LogP contribution in [0, 0.1) is 0 Å². The summed E-state index contributed by atoms with van der Waals surface area (Å²) in [5.41, 5.74) is -1.73. The lowest BCUT2D eigenvalue weighted by Crippen LogP contribution is -2.22. The number of hydrogen-bond donors (Lipinski definition) is 2. The van der Waals surface area contributed by atoms with E-state index in [0.29, 0.717) is 0 Å². The second kappa shape index (κ2) is 8.73. The molecule has 0 fully saturated rings. The molecule has 9 nitrogen and oxygen atoms in total. The van der Waals surface area contributed by atoms with Gasteiger partial charge in [-0.3, -0.25) is 9.59 Å². The molecule has 0 spiro atoms. The Bertz CT molecular complexity index is 1420. The van der Waals surface area contributed by atoms with E-state index in [1.54, 1.807) is 24.5 Å². The average Bonchev–Trinajstić information content (AvgIpc) is 3.49. The second-order valence-electron chi connectivity index (χ2n) is 7.01. The summed E-state index contributed by atoms with van der Waals surface area (Å²) in [6, 6.07) is 8.96. The number of hydrogen-bond acceptors (Lipinski definition) is 5. The van der Waals surface area contributed by atoms with Crippen LogP contribution in [0.4, 0.5) is 18.9 Å². The van der Waals surface area contributed by atoms with Crippen LogP contribution in [0.15, 0.2) is 72.0 Å². The predicted octanol–water partition coefficient (Wildman–Crippen LogP) is 3.41. The Kier molecular flexibility index (Phi) is 5.80. The van der Waals surface area contributed by atoms with Crippen molar-refractivity contribution < 1.29 is 27.5 Å². The standard InChI is InChI=1S/C22H16F3N5O4/c1-34-21(33)13-9-17(19(32)26-11-13)28-18(31)16-12-27-30(20(16)29-7-2-3-8-29)15-6-4-5-14(10-15)22(23,24)25/h2-12H,1H3,(H,26,32)(H,28,31). The van der Waals surface area contributed by atoms with E-state index in [4.69, 9.17) is 0 Å². The molecule has 0 bridgehead atoms. The van der Waals surface area contributed by atoms with E-state index < -0.39 is 29.2 Å². The number of carbonyl (C=O) groups is 2. The third-order valence-corrected chi connectivity index (χ3v) is 4.83. The van der Waals surface area contributed by atoms with Crippen LogP contribution in [0.2, 0.25) is 0 Å². The third-order valence-electron chi connectivity index (χ3n) is 4.83. The number of H-pyrrole nitrogens is 1. The highest BCUT2D eigenvalue weighted by atomic mass is 19.4. The van der Waals surface area contributed by atoms with Crippen LogP contribution in [-0.2, 0) is 10.9 Å². The van der Waals surface area contributed by atoms with E-state index in [1.807, 2.05) is 0 Å². The summed E-state index contributed by atoms with van der Waals surface area (Å²) in [5, 5.41) is 6.53. The number of carbonyl (C=O) groups excluding carboxylic acids is 2. The molecule has 0 aliphatic carbocycles. The summed E-state index contributed by atoms with van der Waals surface area (Å²) in [6.07, 6.45) is 0.915. The van der Waals surface area contributed by atoms with Gasteiger partial charge in [-0.05, 0) is 36.4 Å². The Morgan fingerprint density at radius 1 is 1.12 bits per heavy atom. The van der Waals surface area contributed by atoms with Crippen LogP contribution in [0.5, 0.6) is 0 Å². The summed E-state index contributed by atoms with van der Waals surface area (Å²) in [7, 11) is 1.16. The lowest BCUT2D eigenvalue weighted by molar-refractivity contribution is -0.137. The summed E-state index contributed by atoms with van der Waals surface area (Å²) in [4.78, 5) is 39.3. The molecule has 0 saturated carbocycles. The van der Waals surface area contributed by atoms with E-state index in [0.717, 1.165) is 31.5 Å². The molecular weight excluding hydrogens is 455 g/mol. The fourth-order valence-electron chi connectivity index (χ4n) is 3.23. The first kappa shape index (κ1) is 22.6. The molecular formula is C22H16F3N5O4. The molecule has 0 saturated heterocycles. The number of esters is 1. The molecule has 3 heterocycles. The van der Waals surface area contributed by atoms with Gasteiger partial charge in [-0.1, -0.05) is 6.07 Å². The maximum Gasteiger partial charge on any atom is 0.416 e. The third kappa shape index (κ3) is 4.33. The SMILES string of the molecule is COC(=O)c1c[nH]c(=O)c(NC(=O)c2cnn(-c3cccc(C(F)(F)F)c3)c2-n2cccc2)c1. The molecule has 0 unspecified atom stereocenters. The Hall–Kier alpha value is -4.61. The van der Waals surface area contributed by atoms with Crippen LogP contribution in [0.1, 0.15) is 26.3 Å². The zero-order valence-corrected chi connectivity index (χ0v) is 17.5. The smallest absolute Gasteiger partial charge is 0.416 e. The predicted molar refractivity (Wildman–Crippen MR) is 114 cm³/mol. The van der Waals surface area contributed by atoms with E-state index >= 15 is 0 Å². The minimum Gasteiger partial charge on any atom is -0.465 e. The lowest BCUT2D eigenvalue weighted by Gasteiger charge is -2.13. The number of aromatic nitrogens is 4. The van der Waals surface area contributed by atoms with Gasteiger partial charge in [0.25, 0.3) is 11.5 Å². The van der Waals surface area contributed by atoms with E-state index in [2.05, 4.69) is 20.1 Å². The van der Waals surface area contributed by atoms with Crippen molar-refractivity contribution in [2.75, 3.05) is 12.4 Å². The summed E-state index contributed by atoms with van der Waals surface area (Å²) in [5.74, 6) is -1.35. The molecule has 0 radical (unpaired) electrons. The van der Waals surface area contributed by atoms with Crippen molar-refractivity contribution in [1.82, 2.24) is 19.3 Å². The van der Waals surface area contributed by atoms with Crippen molar-refractivity contribution in [2.24, 2.45) is 0 Å². The zero-order valence-electron chi connectivity index (χ0n) is 17.5. The van der Waals surface area contributed by atoms with E-state index in [9.17, 15) is 27.6 Å². The topological polar surface area (TPSA) is 111 Å². The molecule has 4 rings (SSSR count). The highest BCUT2D eigenvalue weighted by molar-refractivity contribution is 6.06. The van der Waals surface area contributed by atoms with Gasteiger partial charge < -0.3 is 19.6 Å². The lowest BCUT2D eigenvalue weighted by atomic mass is 10.2. The molecule has 4 aromatic rings. The number of benzene rings is 1. The van der Waals surface area contributed by atoms with Crippen LogP contribution in [-0.4, -0.2) is 38.3 Å². The van der Waals surface area contributed by atoms with Gasteiger partial charge in [0.05, 0.1) is 30.1 Å². The number of nitrogens with zero attached hydrogens (tertiary/aromatic N) is 3. The van der Waals surface area contributed by atoms with E-state index in [-0.39, 0.29) is 28.3 Å². The fraction of sp³-hybridized carbons (Fsp3) is 0.0909. The number of ether oxygens (including phenoxy) is 1. The number of methoxy groups -OCH3 is 1. The van der Waals surface area contributed by atoms with Crippen molar-refractivity contribution in [3.8, 4) is 11.5 Å². The number of anilines is 1. The van der Waals surface area contributed by atoms with Gasteiger partial charge in [-0.15, -0.1) is 0 Å². The fourth-order valence-corrected chi connectivity index (χ4v) is 3.23. The Morgan fingerprint density at radius 3 is 2.53 bits per heavy atom. The monoisotopic (exact) mass is 471 g/mol. The van der Waals surface area contributed by atoms with Gasteiger partial charge in [-0.2, -0.15) is 18.3 Å². The second-order valence-corrected chi connectivity index (χ2v) is 7.01. The van der Waals surface area contributed by atoms with Crippen LogP contribution < -0.4 is 10.9 Å². The van der Waals surface area contributed by atoms with E-state index in [1.165, 1.54) is 27.6 Å². The number of pyridine rings is 1. The molecule has 2 N–H and O–H groups in total. The first-order valence-electron chi connectivity index (χ1n) is 9.70. The Morgan fingerprint density at radius 2 is 1.85 bits per heavy atom. The minimum absolute atomic E-state index is 0.00249. The molecule has 3 aromatic heterocycles. The van der Waals surface area contributed by atoms with Gasteiger partial charge >= 0.3 is 12.1 Å². The van der Waals surface area contributed by atoms with Gasteiger partial charge in [-0.25, -0.2) is 9.48 Å². The molecule has 1 amide bonds. The minimum atomic E-state index is -4.57. The molecule has 1 aromatic carbocycles. The van der Waals surface area contributed by atoms with Crippen molar-refractivity contribution in [3.63, 3.8) is 0 Å².